The van der Waals surface area contributed by atoms with Crippen LogP contribution < -0.4 is 10.5 Å². The van der Waals surface area contributed by atoms with Gasteiger partial charge >= 0.3 is 0 Å². The third kappa shape index (κ3) is 5.88. The van der Waals surface area contributed by atoms with Crippen LogP contribution in [0.4, 0.5) is 5.82 Å². The Morgan fingerprint density at radius 1 is 1.10 bits per heavy atom. The van der Waals surface area contributed by atoms with E-state index in [2.05, 4.69) is 4.98 Å². The summed E-state index contributed by atoms with van der Waals surface area (Å²) in [5, 5.41) is 0.823. The zero-order valence-electron chi connectivity index (χ0n) is 21.5. The van der Waals surface area contributed by atoms with Gasteiger partial charge in [0.15, 0.2) is 17.1 Å². The lowest BCUT2D eigenvalue weighted by atomic mass is 10.0. The van der Waals surface area contributed by atoms with Gasteiger partial charge in [-0.1, -0.05) is 12.1 Å². The van der Waals surface area contributed by atoms with E-state index in [1.165, 1.54) is 10.4 Å². The first-order chi connectivity index (χ1) is 18.8. The lowest BCUT2D eigenvalue weighted by Crippen LogP contribution is -2.40. The molecule has 1 fully saturated rings. The zero-order valence-corrected chi connectivity index (χ0v) is 22.3. The first kappa shape index (κ1) is 26.6. The molecule has 1 aliphatic rings. The zero-order chi connectivity index (χ0) is 27.4. The Morgan fingerprint density at radius 3 is 2.56 bits per heavy atom. The molecule has 2 aromatic carbocycles. The number of pyridine rings is 1. The number of hydrogen-bond acceptors (Lipinski definition) is 8. The summed E-state index contributed by atoms with van der Waals surface area (Å²) in [5.41, 5.74) is 8.68. The number of rotatable bonds is 9. The number of allylic oxidation sites excluding steroid dienone is 1. The lowest BCUT2D eigenvalue weighted by Gasteiger charge is -2.26. The average Bonchev–Trinajstić information content (AvgIpc) is 3.40. The van der Waals surface area contributed by atoms with Gasteiger partial charge < -0.3 is 19.6 Å². The van der Waals surface area contributed by atoms with Crippen molar-refractivity contribution in [1.82, 2.24) is 9.29 Å². The average molecular weight is 548 g/mol. The minimum Gasteiger partial charge on any atom is -0.493 e. The Bertz CT molecular complexity index is 1600. The van der Waals surface area contributed by atoms with Gasteiger partial charge in [-0.2, -0.15) is 4.31 Å². The molecule has 0 aliphatic carbocycles. The lowest BCUT2D eigenvalue weighted by molar-refractivity contribution is -0.114. The second kappa shape index (κ2) is 11.4. The van der Waals surface area contributed by atoms with Crippen molar-refractivity contribution in [2.24, 2.45) is 0 Å². The summed E-state index contributed by atoms with van der Waals surface area (Å²) >= 11 is 0. The molecule has 5 rings (SSSR count). The summed E-state index contributed by atoms with van der Waals surface area (Å²) in [4.78, 5) is 16.7. The van der Waals surface area contributed by atoms with Crippen LogP contribution in [0.1, 0.15) is 17.7 Å². The third-order valence-electron chi connectivity index (χ3n) is 6.58. The predicted octanol–water partition coefficient (Wildman–Crippen LogP) is 4.32. The first-order valence-corrected chi connectivity index (χ1v) is 14.0. The number of carbonyl (C=O) groups excluding carboxylic acids is 1. The summed E-state index contributed by atoms with van der Waals surface area (Å²) in [6.07, 6.45) is 5.52. The van der Waals surface area contributed by atoms with E-state index in [-0.39, 0.29) is 17.1 Å². The number of benzene rings is 2. The maximum absolute atomic E-state index is 13.0. The van der Waals surface area contributed by atoms with Gasteiger partial charge in [-0.15, -0.1) is 0 Å². The van der Waals surface area contributed by atoms with E-state index in [0.29, 0.717) is 55.6 Å². The van der Waals surface area contributed by atoms with E-state index in [1.807, 2.05) is 18.2 Å². The largest absolute Gasteiger partial charge is 0.493 e. The highest BCUT2D eigenvalue weighted by Gasteiger charge is 2.26. The standard InChI is InChI=1S/C29H29N3O6S/c1-36-27-12-11-25(21-4-9-24(10-5-21)39(34,35)32-14-16-37-17-15-32)26-18-23(38-29(26)27)8-7-22(33)6-2-20-3-13-28(30)31-19-20/h2-6,9-13,18-19H,7-8,14-17H2,1H3,(H2,30,31)/b6-2+. The molecule has 39 heavy (non-hydrogen) atoms. The SMILES string of the molecule is COc1ccc(-c2ccc(S(=O)(=O)N3CCOCC3)cc2)c2cc(CCC(=O)/C=C/c3ccc(N)nc3)oc12. The van der Waals surface area contributed by atoms with Crippen LogP contribution in [0.15, 0.2) is 76.2 Å². The first-order valence-electron chi connectivity index (χ1n) is 12.6. The van der Waals surface area contributed by atoms with Gasteiger partial charge in [0.1, 0.15) is 11.6 Å². The molecule has 10 heteroatoms. The van der Waals surface area contributed by atoms with E-state index in [4.69, 9.17) is 19.6 Å². The number of anilines is 1. The Kier molecular flexibility index (Phi) is 7.78. The van der Waals surface area contributed by atoms with Crippen LogP contribution >= 0.6 is 0 Å². The monoisotopic (exact) mass is 547 g/mol. The predicted molar refractivity (Wildman–Crippen MR) is 149 cm³/mol. The minimum absolute atomic E-state index is 0.0449. The number of nitrogens with two attached hydrogens (primary N) is 1. The number of aromatic nitrogens is 1. The van der Waals surface area contributed by atoms with Crippen LogP contribution in [0.3, 0.4) is 0 Å². The van der Waals surface area contributed by atoms with Crippen molar-refractivity contribution in [3.63, 3.8) is 0 Å². The summed E-state index contributed by atoms with van der Waals surface area (Å²) in [5.74, 6) is 1.61. The van der Waals surface area contributed by atoms with E-state index < -0.39 is 10.0 Å². The summed E-state index contributed by atoms with van der Waals surface area (Å²) < 4.78 is 44.3. The molecule has 1 aliphatic heterocycles. The topological polar surface area (TPSA) is 125 Å². The number of hydrogen-bond donors (Lipinski definition) is 1. The third-order valence-corrected chi connectivity index (χ3v) is 8.49. The van der Waals surface area contributed by atoms with Crippen molar-refractivity contribution in [3.8, 4) is 16.9 Å². The van der Waals surface area contributed by atoms with E-state index >= 15 is 0 Å². The van der Waals surface area contributed by atoms with Gasteiger partial charge in [-0.05, 0) is 71.3 Å². The van der Waals surface area contributed by atoms with Gasteiger partial charge in [0.2, 0.25) is 10.0 Å². The Hall–Kier alpha value is -3.99. The number of sulfonamides is 1. The number of furan rings is 1. The molecule has 1 saturated heterocycles. The second-order valence-corrected chi connectivity index (χ2v) is 11.1. The molecule has 0 unspecified atom stereocenters. The molecule has 202 valence electrons. The molecule has 4 aromatic rings. The highest BCUT2D eigenvalue weighted by Crippen LogP contribution is 2.37. The number of nitrogen functional groups attached to an aromatic ring is 1. The van der Waals surface area contributed by atoms with Crippen LogP contribution in [0.5, 0.6) is 5.75 Å². The highest BCUT2D eigenvalue weighted by molar-refractivity contribution is 7.89. The molecule has 0 saturated carbocycles. The van der Waals surface area contributed by atoms with Crippen LogP contribution in [0, 0.1) is 0 Å². The van der Waals surface area contributed by atoms with Crippen LogP contribution in [-0.2, 0) is 26.0 Å². The fourth-order valence-electron chi connectivity index (χ4n) is 4.46. The van der Waals surface area contributed by atoms with Crippen molar-refractivity contribution >= 4 is 38.7 Å². The van der Waals surface area contributed by atoms with Crippen molar-refractivity contribution in [2.75, 3.05) is 39.1 Å². The highest BCUT2D eigenvalue weighted by atomic mass is 32.2. The van der Waals surface area contributed by atoms with Gasteiger partial charge in [-0.25, -0.2) is 13.4 Å². The van der Waals surface area contributed by atoms with Gasteiger partial charge in [0.25, 0.3) is 0 Å². The molecule has 0 spiro atoms. The van der Waals surface area contributed by atoms with Crippen molar-refractivity contribution < 1.29 is 27.1 Å². The van der Waals surface area contributed by atoms with E-state index in [9.17, 15) is 13.2 Å². The number of aryl methyl sites for hydroxylation is 1. The van der Waals surface area contributed by atoms with Gasteiger partial charge in [-0.3, -0.25) is 4.79 Å². The van der Waals surface area contributed by atoms with Crippen molar-refractivity contribution in [2.45, 2.75) is 17.7 Å². The molecule has 2 aromatic heterocycles. The molecule has 0 bridgehead atoms. The van der Waals surface area contributed by atoms with E-state index in [1.54, 1.807) is 55.8 Å². The number of nitrogens with zero attached hydrogens (tertiary/aromatic N) is 2. The summed E-state index contributed by atoms with van der Waals surface area (Å²) in [7, 11) is -2.01. The van der Waals surface area contributed by atoms with Crippen LogP contribution in [-0.4, -0.2) is 56.9 Å². The number of carbonyl (C=O) groups is 1. The Morgan fingerprint density at radius 2 is 1.87 bits per heavy atom. The molecule has 0 radical (unpaired) electrons. The van der Waals surface area contributed by atoms with Crippen LogP contribution in [0.2, 0.25) is 0 Å². The van der Waals surface area contributed by atoms with Gasteiger partial charge in [0.05, 0.1) is 25.2 Å². The van der Waals surface area contributed by atoms with Crippen molar-refractivity contribution in [3.05, 3.63) is 78.2 Å². The molecular weight excluding hydrogens is 518 g/mol. The molecular formula is C29H29N3O6S. The maximum Gasteiger partial charge on any atom is 0.243 e. The second-order valence-electron chi connectivity index (χ2n) is 9.13. The quantitative estimate of drug-likeness (QED) is 0.307. The smallest absolute Gasteiger partial charge is 0.243 e. The molecule has 0 atom stereocenters. The minimum atomic E-state index is -3.58. The van der Waals surface area contributed by atoms with E-state index in [0.717, 1.165) is 22.1 Å². The number of morpholine rings is 1. The fraction of sp³-hybridized carbons (Fsp3) is 0.241. The normalized spacial score (nSPS) is 14.7. The molecule has 3 heterocycles. The number of ketones is 1. The fourth-order valence-corrected chi connectivity index (χ4v) is 5.87. The Labute approximate surface area is 226 Å². The number of methoxy groups -OCH3 is 1. The van der Waals surface area contributed by atoms with Crippen LogP contribution in [0.25, 0.3) is 28.2 Å². The summed E-state index contributed by atoms with van der Waals surface area (Å²) in [6.45, 7) is 1.48. The maximum atomic E-state index is 13.0. The molecule has 9 nitrogen and oxygen atoms in total. The Balaban J connectivity index is 1.35. The molecule has 0 amide bonds. The number of ether oxygens (including phenoxy) is 2. The summed E-state index contributed by atoms with van der Waals surface area (Å²) in [6, 6.07) is 16.0. The number of fused-ring (bicyclic) bond motifs is 1. The van der Waals surface area contributed by atoms with Crippen molar-refractivity contribution in [1.29, 1.82) is 0 Å². The van der Waals surface area contributed by atoms with Gasteiger partial charge in [0, 0.05) is 37.5 Å². The molecule has 2 N–H and O–H groups in total.